The van der Waals surface area contributed by atoms with Gasteiger partial charge < -0.3 is 24.0 Å². The molecule has 1 heterocycles. The summed E-state index contributed by atoms with van der Waals surface area (Å²) >= 11 is 0. The molecule has 0 aliphatic heterocycles. The van der Waals surface area contributed by atoms with Gasteiger partial charge in [-0.05, 0) is 44.0 Å². The first-order valence-corrected chi connectivity index (χ1v) is 11.5. The number of carbonyl (C=O) groups excluding carboxylic acids is 1. The third kappa shape index (κ3) is 6.81. The fourth-order valence-electron chi connectivity index (χ4n) is 3.46. The topological polar surface area (TPSA) is 108 Å². The van der Waals surface area contributed by atoms with Crippen molar-refractivity contribution in [2.75, 3.05) is 33.2 Å². The number of esters is 1. The van der Waals surface area contributed by atoms with Crippen LogP contribution in [0.5, 0.6) is 11.6 Å². The Bertz CT molecular complexity index is 1320. The lowest BCUT2D eigenvalue weighted by Crippen LogP contribution is -2.24. The number of nitrogens with zero attached hydrogens (tertiary/aromatic N) is 5. The second-order valence-electron chi connectivity index (χ2n) is 8.40. The normalized spacial score (nSPS) is 11.6. The van der Waals surface area contributed by atoms with Crippen LogP contribution in [0.15, 0.2) is 59.1 Å². The molecule has 0 unspecified atom stereocenters. The van der Waals surface area contributed by atoms with Gasteiger partial charge in [-0.3, -0.25) is 0 Å². The zero-order chi connectivity index (χ0) is 26.9. The molecule has 194 valence electrons. The van der Waals surface area contributed by atoms with E-state index < -0.39 is 5.97 Å². The number of aryl methyl sites for hydroxylation is 2. The molecule has 2 aromatic carbocycles. The lowest BCUT2D eigenvalue weighted by Gasteiger charge is -2.18. The number of hydrogen-bond acceptors (Lipinski definition) is 10. The molecule has 0 atom stereocenters. The van der Waals surface area contributed by atoms with E-state index in [1.165, 1.54) is 26.1 Å². The van der Waals surface area contributed by atoms with Crippen molar-refractivity contribution in [3.8, 4) is 11.6 Å². The number of hydrogen-bond donors (Lipinski definition) is 0. The molecule has 0 spiro atoms. The van der Waals surface area contributed by atoms with Crippen molar-refractivity contribution in [1.82, 2.24) is 9.97 Å². The molecule has 0 aliphatic rings. The van der Waals surface area contributed by atoms with Crippen LogP contribution >= 0.6 is 0 Å². The van der Waals surface area contributed by atoms with E-state index in [2.05, 4.69) is 38.5 Å². The van der Waals surface area contributed by atoms with Gasteiger partial charge in [0.25, 0.3) is 0 Å². The van der Waals surface area contributed by atoms with Gasteiger partial charge in [0, 0.05) is 19.7 Å². The standard InChI is InChI=1S/C27H31N5O5/c1-17-11-12-18(2)21(13-17)15-36-30-19(3)20-9-8-10-22(14-20)37-26-23(24(31-35-7)27(33)34-6)25(32(4)5)28-16-29-26/h8-14,16H,15H2,1-7H3. The first kappa shape index (κ1) is 27.1. The highest BCUT2D eigenvalue weighted by molar-refractivity contribution is 6.44. The van der Waals surface area contributed by atoms with Crippen molar-refractivity contribution in [2.24, 2.45) is 10.3 Å². The minimum atomic E-state index is -0.720. The molecule has 0 saturated carbocycles. The van der Waals surface area contributed by atoms with Crippen LogP contribution in [0.25, 0.3) is 0 Å². The molecular formula is C27H31N5O5. The predicted molar refractivity (Wildman–Crippen MR) is 141 cm³/mol. The van der Waals surface area contributed by atoms with Crippen LogP contribution in [0.2, 0.25) is 0 Å². The van der Waals surface area contributed by atoms with Gasteiger partial charge in [0.05, 0.1) is 12.8 Å². The summed E-state index contributed by atoms with van der Waals surface area (Å²) in [6.45, 7) is 6.31. The number of ether oxygens (including phenoxy) is 2. The van der Waals surface area contributed by atoms with E-state index in [1.54, 1.807) is 31.1 Å². The second-order valence-corrected chi connectivity index (χ2v) is 8.40. The Labute approximate surface area is 216 Å². The van der Waals surface area contributed by atoms with Gasteiger partial charge in [0.2, 0.25) is 11.6 Å². The maximum absolute atomic E-state index is 12.5. The minimum absolute atomic E-state index is 0.109. The number of rotatable bonds is 10. The molecule has 0 amide bonds. The van der Waals surface area contributed by atoms with Crippen molar-refractivity contribution in [2.45, 2.75) is 27.4 Å². The molecule has 0 bridgehead atoms. The lowest BCUT2D eigenvalue weighted by atomic mass is 10.1. The Hall–Kier alpha value is -4.47. The summed E-state index contributed by atoms with van der Waals surface area (Å²) in [5, 5.41) is 8.13. The smallest absolute Gasteiger partial charge is 0.361 e. The lowest BCUT2D eigenvalue weighted by molar-refractivity contribution is -0.132. The number of anilines is 1. The summed E-state index contributed by atoms with van der Waals surface area (Å²) in [6, 6.07) is 13.5. The maximum Gasteiger partial charge on any atom is 0.361 e. The Kier molecular flexibility index (Phi) is 9.15. The zero-order valence-corrected chi connectivity index (χ0v) is 22.1. The van der Waals surface area contributed by atoms with Crippen LogP contribution in [-0.2, 0) is 25.8 Å². The van der Waals surface area contributed by atoms with Crippen molar-refractivity contribution in [3.63, 3.8) is 0 Å². The van der Waals surface area contributed by atoms with Gasteiger partial charge in [0.15, 0.2) is 0 Å². The molecular weight excluding hydrogens is 474 g/mol. The molecule has 37 heavy (non-hydrogen) atoms. The largest absolute Gasteiger partial charge is 0.464 e. The minimum Gasteiger partial charge on any atom is -0.464 e. The molecule has 0 aliphatic carbocycles. The Morgan fingerprint density at radius 3 is 2.51 bits per heavy atom. The van der Waals surface area contributed by atoms with Crippen LogP contribution in [-0.4, -0.2) is 55.7 Å². The highest BCUT2D eigenvalue weighted by Gasteiger charge is 2.27. The van der Waals surface area contributed by atoms with E-state index in [0.717, 1.165) is 16.7 Å². The Balaban J connectivity index is 1.89. The van der Waals surface area contributed by atoms with E-state index in [0.29, 0.717) is 23.9 Å². The SMILES string of the molecule is CON=C(C(=O)OC)c1c(Oc2cccc(C(C)=NOCc3cc(C)ccc3C)c2)ncnc1N(C)C. The molecule has 0 fully saturated rings. The molecule has 3 aromatic rings. The van der Waals surface area contributed by atoms with Crippen molar-refractivity contribution >= 4 is 23.2 Å². The van der Waals surface area contributed by atoms with Gasteiger partial charge in [-0.15, -0.1) is 0 Å². The van der Waals surface area contributed by atoms with Crippen molar-refractivity contribution in [3.05, 3.63) is 76.6 Å². The van der Waals surface area contributed by atoms with Crippen LogP contribution in [0.4, 0.5) is 5.82 Å². The Morgan fingerprint density at radius 1 is 1.03 bits per heavy atom. The van der Waals surface area contributed by atoms with Gasteiger partial charge in [-0.25, -0.2) is 14.8 Å². The maximum atomic E-state index is 12.5. The molecule has 10 heteroatoms. The van der Waals surface area contributed by atoms with E-state index in [-0.39, 0.29) is 17.2 Å². The van der Waals surface area contributed by atoms with Crippen molar-refractivity contribution < 1.29 is 23.9 Å². The second kappa shape index (κ2) is 12.5. The number of oxime groups is 2. The zero-order valence-electron chi connectivity index (χ0n) is 22.1. The molecule has 0 N–H and O–H groups in total. The summed E-state index contributed by atoms with van der Waals surface area (Å²) in [7, 11) is 6.13. The first-order chi connectivity index (χ1) is 17.7. The predicted octanol–water partition coefficient (Wildman–Crippen LogP) is 4.42. The van der Waals surface area contributed by atoms with E-state index in [1.807, 2.05) is 32.9 Å². The highest BCUT2D eigenvalue weighted by Crippen LogP contribution is 2.30. The van der Waals surface area contributed by atoms with Crippen LogP contribution in [0.1, 0.15) is 34.7 Å². The molecule has 3 rings (SSSR count). The average Bonchev–Trinajstić information content (AvgIpc) is 2.89. The quantitative estimate of drug-likeness (QED) is 0.226. The summed E-state index contributed by atoms with van der Waals surface area (Å²) in [4.78, 5) is 33.2. The fourth-order valence-corrected chi connectivity index (χ4v) is 3.46. The van der Waals surface area contributed by atoms with E-state index >= 15 is 0 Å². The highest BCUT2D eigenvalue weighted by atomic mass is 16.6. The third-order valence-corrected chi connectivity index (χ3v) is 5.41. The van der Waals surface area contributed by atoms with Gasteiger partial charge in [0.1, 0.15) is 37.2 Å². The van der Waals surface area contributed by atoms with E-state index in [9.17, 15) is 4.79 Å². The van der Waals surface area contributed by atoms with Gasteiger partial charge in [-0.2, -0.15) is 0 Å². The monoisotopic (exact) mass is 505 g/mol. The first-order valence-electron chi connectivity index (χ1n) is 11.5. The molecule has 0 saturated heterocycles. The van der Waals surface area contributed by atoms with Gasteiger partial charge >= 0.3 is 5.97 Å². The average molecular weight is 506 g/mol. The number of benzene rings is 2. The summed E-state index contributed by atoms with van der Waals surface area (Å²) < 4.78 is 11.0. The molecule has 10 nitrogen and oxygen atoms in total. The van der Waals surface area contributed by atoms with Gasteiger partial charge in [-0.1, -0.05) is 46.2 Å². The fraction of sp³-hybridized carbons (Fsp3) is 0.296. The number of carbonyl (C=O) groups is 1. The van der Waals surface area contributed by atoms with Crippen LogP contribution < -0.4 is 9.64 Å². The summed E-state index contributed by atoms with van der Waals surface area (Å²) in [5.41, 5.74) is 4.97. The summed E-state index contributed by atoms with van der Waals surface area (Å²) in [6.07, 6.45) is 1.34. The summed E-state index contributed by atoms with van der Waals surface area (Å²) in [5.74, 6) is 0.257. The van der Waals surface area contributed by atoms with Crippen LogP contribution in [0, 0.1) is 13.8 Å². The molecule has 1 aromatic heterocycles. The number of methoxy groups -OCH3 is 1. The Morgan fingerprint density at radius 2 is 1.81 bits per heavy atom. The van der Waals surface area contributed by atoms with Crippen molar-refractivity contribution in [1.29, 1.82) is 0 Å². The third-order valence-electron chi connectivity index (χ3n) is 5.41. The van der Waals surface area contributed by atoms with E-state index in [4.69, 9.17) is 19.1 Å². The molecule has 0 radical (unpaired) electrons. The number of aromatic nitrogens is 2. The van der Waals surface area contributed by atoms with Crippen LogP contribution in [0.3, 0.4) is 0 Å².